The minimum absolute atomic E-state index is 0.271. The Bertz CT molecular complexity index is 221. The van der Waals surface area contributed by atoms with Crippen LogP contribution in [0.2, 0.25) is 0 Å². The van der Waals surface area contributed by atoms with E-state index in [-0.39, 0.29) is 5.91 Å². The summed E-state index contributed by atoms with van der Waals surface area (Å²) in [7, 11) is 0. The molecule has 0 saturated carbocycles. The van der Waals surface area contributed by atoms with Gasteiger partial charge in [0, 0.05) is 13.1 Å². The first kappa shape index (κ1) is 14.5. The summed E-state index contributed by atoms with van der Waals surface area (Å²) in [5.41, 5.74) is 5.58. The monoisotopic (exact) mass is 241 g/mol. The van der Waals surface area contributed by atoms with Crippen LogP contribution in [0, 0.1) is 5.92 Å². The zero-order valence-corrected chi connectivity index (χ0v) is 11.3. The van der Waals surface area contributed by atoms with E-state index in [0.29, 0.717) is 6.54 Å². The molecule has 0 bridgehead atoms. The molecular formula is C13H27N3O. The van der Waals surface area contributed by atoms with Crippen LogP contribution in [0.5, 0.6) is 0 Å². The van der Waals surface area contributed by atoms with Gasteiger partial charge in [0.05, 0.1) is 6.54 Å². The van der Waals surface area contributed by atoms with Gasteiger partial charge in [0.15, 0.2) is 0 Å². The van der Waals surface area contributed by atoms with Crippen LogP contribution in [0.15, 0.2) is 0 Å². The number of rotatable bonds is 6. The number of amides is 1. The predicted molar refractivity (Wildman–Crippen MR) is 70.8 cm³/mol. The molecule has 1 amide bonds. The summed E-state index contributed by atoms with van der Waals surface area (Å²) in [4.78, 5) is 16.1. The molecule has 1 fully saturated rings. The van der Waals surface area contributed by atoms with Crippen molar-refractivity contribution in [3.05, 3.63) is 0 Å². The lowest BCUT2D eigenvalue weighted by atomic mass is 9.94. The second-order valence-electron chi connectivity index (χ2n) is 4.86. The highest BCUT2D eigenvalue weighted by molar-refractivity contribution is 5.78. The molecule has 0 radical (unpaired) electrons. The van der Waals surface area contributed by atoms with E-state index in [4.69, 9.17) is 5.73 Å². The van der Waals surface area contributed by atoms with Crippen LogP contribution < -0.4 is 5.73 Å². The molecule has 1 saturated heterocycles. The van der Waals surface area contributed by atoms with E-state index in [9.17, 15) is 4.79 Å². The molecule has 0 aromatic rings. The summed E-state index contributed by atoms with van der Waals surface area (Å²) < 4.78 is 0. The summed E-state index contributed by atoms with van der Waals surface area (Å²) in [5, 5.41) is 0. The lowest BCUT2D eigenvalue weighted by molar-refractivity contribution is -0.132. The van der Waals surface area contributed by atoms with Crippen LogP contribution in [-0.4, -0.2) is 55.0 Å². The fraction of sp³-hybridized carbons (Fsp3) is 0.923. The molecule has 0 atom stereocenters. The van der Waals surface area contributed by atoms with Crippen molar-refractivity contribution < 1.29 is 4.79 Å². The smallest absolute Gasteiger partial charge is 0.236 e. The third-order valence-electron chi connectivity index (χ3n) is 3.76. The van der Waals surface area contributed by atoms with Gasteiger partial charge in [-0.3, -0.25) is 9.69 Å². The molecule has 1 aliphatic rings. The van der Waals surface area contributed by atoms with Crippen molar-refractivity contribution in [3.63, 3.8) is 0 Å². The quantitative estimate of drug-likeness (QED) is 0.752. The molecule has 2 N–H and O–H groups in total. The Morgan fingerprint density at radius 1 is 1.29 bits per heavy atom. The predicted octanol–water partition coefficient (Wildman–Crippen LogP) is 0.916. The van der Waals surface area contributed by atoms with Crippen molar-refractivity contribution in [2.75, 3.05) is 39.3 Å². The highest BCUT2D eigenvalue weighted by Gasteiger charge is 2.21. The van der Waals surface area contributed by atoms with Crippen LogP contribution in [0.4, 0.5) is 0 Å². The van der Waals surface area contributed by atoms with E-state index in [1.54, 1.807) is 0 Å². The summed E-state index contributed by atoms with van der Waals surface area (Å²) in [5.74, 6) is 1.05. The Kier molecular flexibility index (Phi) is 6.52. The van der Waals surface area contributed by atoms with Gasteiger partial charge in [0.1, 0.15) is 0 Å². The Balaban J connectivity index is 2.27. The van der Waals surface area contributed by atoms with Crippen molar-refractivity contribution in [2.24, 2.45) is 11.7 Å². The van der Waals surface area contributed by atoms with Gasteiger partial charge in [-0.2, -0.15) is 0 Å². The minimum Gasteiger partial charge on any atom is -0.342 e. The van der Waals surface area contributed by atoms with E-state index >= 15 is 0 Å². The van der Waals surface area contributed by atoms with Crippen LogP contribution >= 0.6 is 0 Å². The zero-order valence-electron chi connectivity index (χ0n) is 11.3. The summed E-state index contributed by atoms with van der Waals surface area (Å²) >= 11 is 0. The fourth-order valence-corrected chi connectivity index (χ4v) is 2.54. The normalized spacial score (nSPS) is 18.3. The van der Waals surface area contributed by atoms with Gasteiger partial charge in [-0.15, -0.1) is 0 Å². The van der Waals surface area contributed by atoms with E-state index in [1.165, 1.54) is 12.8 Å². The second kappa shape index (κ2) is 7.67. The molecule has 0 aliphatic carbocycles. The highest BCUT2D eigenvalue weighted by atomic mass is 16.2. The fourth-order valence-electron chi connectivity index (χ4n) is 2.54. The molecule has 4 nitrogen and oxygen atoms in total. The Labute approximate surface area is 105 Å². The van der Waals surface area contributed by atoms with E-state index in [1.807, 2.05) is 18.7 Å². The lowest BCUT2D eigenvalue weighted by Gasteiger charge is -2.32. The number of nitrogens with zero attached hydrogens (tertiary/aromatic N) is 2. The van der Waals surface area contributed by atoms with Gasteiger partial charge in [-0.1, -0.05) is 0 Å². The maximum absolute atomic E-state index is 11.9. The topological polar surface area (TPSA) is 49.6 Å². The van der Waals surface area contributed by atoms with Crippen LogP contribution in [0.25, 0.3) is 0 Å². The Morgan fingerprint density at radius 2 is 1.88 bits per heavy atom. The van der Waals surface area contributed by atoms with Crippen molar-refractivity contribution in [3.8, 4) is 0 Å². The standard InChI is InChI=1S/C13H27N3O/c1-3-16(4-2)13(17)11-15-9-6-12(5-8-14)7-10-15/h12H,3-11,14H2,1-2H3. The maximum atomic E-state index is 11.9. The van der Waals surface area contributed by atoms with Crippen LogP contribution in [0.1, 0.15) is 33.1 Å². The molecule has 0 spiro atoms. The van der Waals surface area contributed by atoms with Crippen LogP contribution in [0.3, 0.4) is 0 Å². The first-order valence-electron chi connectivity index (χ1n) is 6.91. The average molecular weight is 241 g/mol. The number of carbonyl (C=O) groups is 1. The first-order valence-corrected chi connectivity index (χ1v) is 6.91. The molecular weight excluding hydrogens is 214 g/mol. The van der Waals surface area contributed by atoms with Gasteiger partial charge in [-0.05, 0) is 58.7 Å². The molecule has 0 unspecified atom stereocenters. The average Bonchev–Trinajstić information content (AvgIpc) is 2.33. The molecule has 17 heavy (non-hydrogen) atoms. The summed E-state index contributed by atoms with van der Waals surface area (Å²) in [6, 6.07) is 0. The second-order valence-corrected chi connectivity index (χ2v) is 4.86. The number of piperidine rings is 1. The van der Waals surface area contributed by atoms with Gasteiger partial charge < -0.3 is 10.6 Å². The SMILES string of the molecule is CCN(CC)C(=O)CN1CCC(CCN)CC1. The van der Waals surface area contributed by atoms with E-state index in [0.717, 1.165) is 45.1 Å². The van der Waals surface area contributed by atoms with Crippen LogP contribution in [-0.2, 0) is 4.79 Å². The largest absolute Gasteiger partial charge is 0.342 e. The maximum Gasteiger partial charge on any atom is 0.236 e. The third kappa shape index (κ3) is 4.64. The first-order chi connectivity index (χ1) is 8.21. The molecule has 1 aliphatic heterocycles. The molecule has 4 heteroatoms. The Morgan fingerprint density at radius 3 is 2.35 bits per heavy atom. The van der Waals surface area contributed by atoms with Crippen molar-refractivity contribution >= 4 is 5.91 Å². The van der Waals surface area contributed by atoms with Crippen molar-refractivity contribution in [1.29, 1.82) is 0 Å². The molecule has 0 aromatic carbocycles. The Hall–Kier alpha value is -0.610. The number of carbonyl (C=O) groups excluding carboxylic acids is 1. The minimum atomic E-state index is 0.271. The zero-order chi connectivity index (χ0) is 12.7. The number of likely N-dealkylation sites (tertiary alicyclic amines) is 1. The van der Waals surface area contributed by atoms with Gasteiger partial charge >= 0.3 is 0 Å². The number of likely N-dealkylation sites (N-methyl/N-ethyl adjacent to an activating group) is 1. The summed E-state index contributed by atoms with van der Waals surface area (Å²) in [6.07, 6.45) is 3.53. The number of hydrogen-bond acceptors (Lipinski definition) is 3. The molecule has 100 valence electrons. The molecule has 1 heterocycles. The summed E-state index contributed by atoms with van der Waals surface area (Å²) in [6.45, 7) is 9.21. The van der Waals surface area contributed by atoms with Gasteiger partial charge in [-0.25, -0.2) is 0 Å². The lowest BCUT2D eigenvalue weighted by Crippen LogP contribution is -2.43. The van der Waals surface area contributed by atoms with Gasteiger partial charge in [0.25, 0.3) is 0 Å². The highest BCUT2D eigenvalue weighted by Crippen LogP contribution is 2.19. The van der Waals surface area contributed by atoms with Crippen molar-refractivity contribution in [2.45, 2.75) is 33.1 Å². The number of hydrogen-bond donors (Lipinski definition) is 1. The number of nitrogens with two attached hydrogens (primary N) is 1. The van der Waals surface area contributed by atoms with E-state index in [2.05, 4.69) is 4.90 Å². The van der Waals surface area contributed by atoms with Crippen molar-refractivity contribution in [1.82, 2.24) is 9.80 Å². The molecule has 0 aromatic heterocycles. The third-order valence-corrected chi connectivity index (χ3v) is 3.76. The van der Waals surface area contributed by atoms with E-state index < -0.39 is 0 Å². The van der Waals surface area contributed by atoms with Gasteiger partial charge in [0.2, 0.25) is 5.91 Å². The molecule has 1 rings (SSSR count).